The standard InChI is InChI=1S/C15H11BrF3NS/c16-12-5-6-14-13(7-12)20-9-21(14)8-10-1-3-11(4-2-10)15(17,18)19/h1-7,9,21H,8H2. The van der Waals surface area contributed by atoms with Crippen LogP contribution in [0.3, 0.4) is 0 Å². The van der Waals surface area contributed by atoms with Crippen molar-refractivity contribution in [3.05, 3.63) is 58.1 Å². The van der Waals surface area contributed by atoms with E-state index >= 15 is 0 Å². The normalized spacial score (nSPS) is 18.8. The van der Waals surface area contributed by atoms with Gasteiger partial charge < -0.3 is 0 Å². The van der Waals surface area contributed by atoms with Gasteiger partial charge in [-0.3, -0.25) is 4.99 Å². The summed E-state index contributed by atoms with van der Waals surface area (Å²) in [6.07, 6.45) is -4.28. The van der Waals surface area contributed by atoms with Crippen LogP contribution in [0.25, 0.3) is 0 Å². The van der Waals surface area contributed by atoms with Crippen molar-refractivity contribution in [1.82, 2.24) is 0 Å². The first kappa shape index (κ1) is 14.7. The van der Waals surface area contributed by atoms with Crippen molar-refractivity contribution < 1.29 is 13.2 Å². The summed E-state index contributed by atoms with van der Waals surface area (Å²) in [4.78, 5) is 5.56. The van der Waals surface area contributed by atoms with Gasteiger partial charge in [0.2, 0.25) is 0 Å². The molecule has 0 saturated carbocycles. The number of rotatable bonds is 2. The zero-order chi connectivity index (χ0) is 15.0. The van der Waals surface area contributed by atoms with Gasteiger partial charge in [-0.1, -0.05) is 28.1 Å². The minimum Gasteiger partial charge on any atom is -0.250 e. The Kier molecular flexibility index (Phi) is 3.84. The molecule has 1 aliphatic heterocycles. The van der Waals surface area contributed by atoms with E-state index in [4.69, 9.17) is 0 Å². The van der Waals surface area contributed by atoms with E-state index in [0.717, 1.165) is 27.9 Å². The molecule has 0 aromatic heterocycles. The Bertz CT molecular complexity index is 695. The molecule has 0 spiro atoms. The third-order valence-electron chi connectivity index (χ3n) is 3.22. The van der Waals surface area contributed by atoms with Crippen LogP contribution in [-0.4, -0.2) is 5.55 Å². The predicted octanol–water partition coefficient (Wildman–Crippen LogP) is 5.70. The number of hydrogen-bond donors (Lipinski definition) is 1. The van der Waals surface area contributed by atoms with Gasteiger partial charge in [0.15, 0.2) is 0 Å². The molecule has 6 heteroatoms. The number of aliphatic imine (C=N–C) groups is 1. The first-order valence-electron chi connectivity index (χ1n) is 6.20. The maximum Gasteiger partial charge on any atom is 0.416 e. The lowest BCUT2D eigenvalue weighted by Crippen LogP contribution is -2.04. The fraction of sp³-hybridized carbons (Fsp3) is 0.133. The summed E-state index contributed by atoms with van der Waals surface area (Å²) in [5, 5.41) is 0. The largest absolute Gasteiger partial charge is 0.416 e. The SMILES string of the molecule is FC(F)(F)c1ccc(C[SH]2C=Nc3cc(Br)ccc32)cc1. The highest BCUT2D eigenvalue weighted by atomic mass is 79.9. The van der Waals surface area contributed by atoms with E-state index in [9.17, 15) is 13.2 Å². The number of fused-ring (bicyclic) bond motifs is 1. The van der Waals surface area contributed by atoms with Crippen molar-refractivity contribution in [1.29, 1.82) is 0 Å². The zero-order valence-electron chi connectivity index (χ0n) is 10.7. The Balaban J connectivity index is 1.79. The maximum absolute atomic E-state index is 12.5. The number of halogens is 4. The summed E-state index contributed by atoms with van der Waals surface area (Å²) >= 11 is 3.40. The molecule has 0 saturated heterocycles. The lowest BCUT2D eigenvalue weighted by Gasteiger charge is -2.14. The average molecular weight is 374 g/mol. The van der Waals surface area contributed by atoms with Gasteiger partial charge in [-0.05, 0) is 35.9 Å². The number of hydrogen-bond acceptors (Lipinski definition) is 1. The monoisotopic (exact) mass is 373 g/mol. The topological polar surface area (TPSA) is 12.4 Å². The molecule has 2 aromatic rings. The fourth-order valence-electron chi connectivity index (χ4n) is 2.16. The molecule has 1 atom stereocenters. The molecule has 0 aliphatic carbocycles. The number of alkyl halides is 3. The van der Waals surface area contributed by atoms with Crippen molar-refractivity contribution in [2.24, 2.45) is 4.99 Å². The molecule has 0 bridgehead atoms. The van der Waals surface area contributed by atoms with E-state index in [1.165, 1.54) is 4.90 Å². The lowest BCUT2D eigenvalue weighted by molar-refractivity contribution is -0.137. The second kappa shape index (κ2) is 5.50. The van der Waals surface area contributed by atoms with E-state index in [-0.39, 0.29) is 0 Å². The summed E-state index contributed by atoms with van der Waals surface area (Å²) in [6, 6.07) is 11.3. The first-order valence-corrected chi connectivity index (χ1v) is 8.59. The molecule has 110 valence electrons. The van der Waals surface area contributed by atoms with Crippen LogP contribution in [0.4, 0.5) is 18.9 Å². The molecule has 0 N–H and O–H groups in total. The Morgan fingerprint density at radius 1 is 1.05 bits per heavy atom. The molecule has 2 aromatic carbocycles. The molecule has 1 aliphatic rings. The molecule has 0 fully saturated rings. The summed E-state index contributed by atoms with van der Waals surface area (Å²) in [5.41, 5.74) is 3.16. The Morgan fingerprint density at radius 3 is 2.43 bits per heavy atom. The molecule has 1 nitrogen and oxygen atoms in total. The van der Waals surface area contributed by atoms with Gasteiger partial charge in [-0.15, -0.1) is 0 Å². The summed E-state index contributed by atoms with van der Waals surface area (Å²) < 4.78 is 38.6. The van der Waals surface area contributed by atoms with E-state index in [1.54, 1.807) is 12.1 Å². The molecule has 1 unspecified atom stereocenters. The number of nitrogens with zero attached hydrogens (tertiary/aromatic N) is 1. The minimum absolute atomic E-state index is 0.581. The molecular formula is C15H11BrF3NS. The highest BCUT2D eigenvalue weighted by molar-refractivity contribution is 9.10. The number of benzene rings is 2. The second-order valence-corrected chi connectivity index (χ2v) is 7.58. The van der Waals surface area contributed by atoms with Crippen molar-refractivity contribution in [2.75, 3.05) is 0 Å². The fourth-order valence-corrected chi connectivity index (χ4v) is 4.43. The Morgan fingerprint density at radius 2 is 1.76 bits per heavy atom. The van der Waals surface area contributed by atoms with Gasteiger partial charge in [-0.25, -0.2) is 0 Å². The highest BCUT2D eigenvalue weighted by Crippen LogP contribution is 2.48. The molecule has 3 rings (SSSR count). The van der Waals surface area contributed by atoms with E-state index < -0.39 is 22.6 Å². The van der Waals surface area contributed by atoms with Gasteiger partial charge in [0, 0.05) is 20.7 Å². The smallest absolute Gasteiger partial charge is 0.250 e. The third-order valence-corrected chi connectivity index (χ3v) is 5.81. The molecule has 0 radical (unpaired) electrons. The van der Waals surface area contributed by atoms with Crippen LogP contribution < -0.4 is 0 Å². The zero-order valence-corrected chi connectivity index (χ0v) is 13.2. The highest BCUT2D eigenvalue weighted by Gasteiger charge is 2.30. The Labute approximate surface area is 131 Å². The molecular weight excluding hydrogens is 363 g/mol. The van der Waals surface area contributed by atoms with Crippen molar-refractivity contribution in [3.63, 3.8) is 0 Å². The molecule has 0 amide bonds. The van der Waals surface area contributed by atoms with Crippen molar-refractivity contribution in [2.45, 2.75) is 16.8 Å². The van der Waals surface area contributed by atoms with Crippen LogP contribution >= 0.6 is 26.8 Å². The van der Waals surface area contributed by atoms with Gasteiger partial charge in [0.1, 0.15) is 0 Å². The molecule has 21 heavy (non-hydrogen) atoms. The van der Waals surface area contributed by atoms with Crippen LogP contribution in [0.15, 0.2) is 56.8 Å². The van der Waals surface area contributed by atoms with E-state index in [1.807, 2.05) is 23.7 Å². The van der Waals surface area contributed by atoms with Gasteiger partial charge >= 0.3 is 6.18 Å². The minimum atomic E-state index is -4.28. The van der Waals surface area contributed by atoms with Crippen LogP contribution in [0, 0.1) is 0 Å². The summed E-state index contributed by atoms with van der Waals surface area (Å²) in [7, 11) is -0.581. The number of thiol groups is 1. The van der Waals surface area contributed by atoms with Crippen LogP contribution in [-0.2, 0) is 11.9 Å². The van der Waals surface area contributed by atoms with Gasteiger partial charge in [-0.2, -0.15) is 24.1 Å². The molecule has 1 heterocycles. The van der Waals surface area contributed by atoms with Crippen LogP contribution in [0.1, 0.15) is 11.1 Å². The quantitative estimate of drug-likeness (QED) is 0.648. The van der Waals surface area contributed by atoms with Gasteiger partial charge in [0.05, 0.1) is 11.3 Å². The van der Waals surface area contributed by atoms with Gasteiger partial charge in [0.25, 0.3) is 0 Å². The first-order chi connectivity index (χ1) is 9.93. The van der Waals surface area contributed by atoms with E-state index in [0.29, 0.717) is 5.75 Å². The third kappa shape index (κ3) is 3.16. The Hall–Kier alpha value is -1.27. The summed E-state index contributed by atoms with van der Waals surface area (Å²) in [6.45, 7) is 0. The maximum atomic E-state index is 12.5. The second-order valence-electron chi connectivity index (χ2n) is 4.70. The van der Waals surface area contributed by atoms with Crippen LogP contribution in [0.5, 0.6) is 0 Å². The van der Waals surface area contributed by atoms with Crippen molar-refractivity contribution >= 4 is 38.1 Å². The lowest BCUT2D eigenvalue weighted by atomic mass is 10.1. The van der Waals surface area contributed by atoms with Crippen molar-refractivity contribution in [3.8, 4) is 0 Å². The predicted molar refractivity (Wildman–Crippen MR) is 84.7 cm³/mol. The van der Waals surface area contributed by atoms with Crippen LogP contribution in [0.2, 0.25) is 0 Å². The average Bonchev–Trinajstić information content (AvgIpc) is 2.80. The van der Waals surface area contributed by atoms with E-state index in [2.05, 4.69) is 20.9 Å². The summed E-state index contributed by atoms with van der Waals surface area (Å²) in [5.74, 6) is 0.714.